The zero-order valence-corrected chi connectivity index (χ0v) is 16.4. The lowest BCUT2D eigenvalue weighted by Gasteiger charge is -2.23. The number of benzene rings is 2. The second kappa shape index (κ2) is 8.04. The maximum absolute atomic E-state index is 11.5. The molecule has 1 heterocycles. The highest BCUT2D eigenvalue weighted by Crippen LogP contribution is 2.30. The molecule has 0 saturated carbocycles. The van der Waals surface area contributed by atoms with Gasteiger partial charge in [-0.15, -0.1) is 5.10 Å². The van der Waals surface area contributed by atoms with Crippen LogP contribution in [0, 0.1) is 0 Å². The Labute approximate surface area is 164 Å². The van der Waals surface area contributed by atoms with Crippen LogP contribution in [0.4, 0.5) is 23.1 Å². The number of aromatic nitrogens is 3. The number of hydrogen-bond donors (Lipinski definition) is 2. The number of rotatable bonds is 5. The van der Waals surface area contributed by atoms with Crippen molar-refractivity contribution < 1.29 is 9.53 Å². The zero-order chi connectivity index (χ0) is 20.1. The average Bonchev–Trinajstić information content (AvgIpc) is 2.68. The van der Waals surface area contributed by atoms with Crippen molar-refractivity contribution in [1.29, 1.82) is 0 Å². The van der Waals surface area contributed by atoms with Crippen LogP contribution in [-0.4, -0.2) is 28.3 Å². The van der Waals surface area contributed by atoms with Crippen LogP contribution in [0.5, 0.6) is 0 Å². The molecule has 0 unspecified atom stereocenters. The smallest absolute Gasteiger partial charge is 0.337 e. The summed E-state index contributed by atoms with van der Waals surface area (Å²) in [6.07, 6.45) is 1.57. The van der Waals surface area contributed by atoms with Crippen molar-refractivity contribution in [3.05, 3.63) is 65.9 Å². The van der Waals surface area contributed by atoms with Crippen molar-refractivity contribution in [1.82, 2.24) is 15.2 Å². The van der Waals surface area contributed by atoms with Crippen LogP contribution >= 0.6 is 0 Å². The van der Waals surface area contributed by atoms with Crippen LogP contribution in [0.25, 0.3) is 0 Å². The van der Waals surface area contributed by atoms with E-state index in [-0.39, 0.29) is 11.4 Å². The SMILES string of the molecule is COC(=O)c1ccc(Nc2nncc(Nc3ccccc3C(C)(C)C)n2)cc1. The first-order chi connectivity index (χ1) is 13.4. The first-order valence-corrected chi connectivity index (χ1v) is 8.88. The molecule has 0 spiro atoms. The first-order valence-electron chi connectivity index (χ1n) is 8.88. The second-order valence-corrected chi connectivity index (χ2v) is 7.28. The number of ether oxygens (including phenoxy) is 1. The van der Waals surface area contributed by atoms with Gasteiger partial charge >= 0.3 is 5.97 Å². The maximum atomic E-state index is 11.5. The summed E-state index contributed by atoms with van der Waals surface area (Å²) in [6.45, 7) is 6.49. The van der Waals surface area contributed by atoms with Gasteiger partial charge in [0.25, 0.3) is 0 Å². The van der Waals surface area contributed by atoms with Gasteiger partial charge in [-0.3, -0.25) is 0 Å². The van der Waals surface area contributed by atoms with Crippen molar-refractivity contribution >= 4 is 29.1 Å². The lowest BCUT2D eigenvalue weighted by Crippen LogP contribution is -2.14. The van der Waals surface area contributed by atoms with E-state index in [1.54, 1.807) is 30.5 Å². The van der Waals surface area contributed by atoms with E-state index in [1.807, 2.05) is 18.2 Å². The molecule has 2 N–H and O–H groups in total. The Morgan fingerprint density at radius 3 is 2.39 bits per heavy atom. The number of hydrogen-bond acceptors (Lipinski definition) is 7. The van der Waals surface area contributed by atoms with Gasteiger partial charge in [0, 0.05) is 11.4 Å². The lowest BCUT2D eigenvalue weighted by atomic mass is 9.86. The Bertz CT molecular complexity index is 965. The van der Waals surface area contributed by atoms with Crippen LogP contribution in [0.1, 0.15) is 36.7 Å². The summed E-state index contributed by atoms with van der Waals surface area (Å²) in [4.78, 5) is 16.0. The average molecular weight is 377 g/mol. The largest absolute Gasteiger partial charge is 0.465 e. The van der Waals surface area contributed by atoms with Crippen molar-refractivity contribution in [2.24, 2.45) is 0 Å². The molecule has 7 heteroatoms. The Balaban J connectivity index is 1.77. The third-order valence-electron chi connectivity index (χ3n) is 4.12. The molecule has 0 aliphatic rings. The molecule has 0 radical (unpaired) electrons. The molecule has 1 aromatic heterocycles. The van der Waals surface area contributed by atoms with Crippen molar-refractivity contribution in [3.63, 3.8) is 0 Å². The number of esters is 1. The fourth-order valence-electron chi connectivity index (χ4n) is 2.74. The van der Waals surface area contributed by atoms with E-state index in [0.717, 1.165) is 11.4 Å². The highest BCUT2D eigenvalue weighted by atomic mass is 16.5. The third-order valence-corrected chi connectivity index (χ3v) is 4.12. The summed E-state index contributed by atoms with van der Waals surface area (Å²) in [5, 5.41) is 14.4. The highest BCUT2D eigenvalue weighted by Gasteiger charge is 2.17. The number of carbonyl (C=O) groups excluding carboxylic acids is 1. The van der Waals surface area contributed by atoms with Crippen LogP contribution in [0.2, 0.25) is 0 Å². The Morgan fingerprint density at radius 1 is 1.00 bits per heavy atom. The van der Waals surface area contributed by atoms with E-state index >= 15 is 0 Å². The van der Waals surface area contributed by atoms with Crippen LogP contribution in [-0.2, 0) is 10.2 Å². The predicted molar refractivity (Wildman–Crippen MR) is 109 cm³/mol. The highest BCUT2D eigenvalue weighted by molar-refractivity contribution is 5.89. The molecule has 0 fully saturated rings. The normalized spacial score (nSPS) is 11.0. The number of methoxy groups -OCH3 is 1. The number of anilines is 4. The molecule has 0 aliphatic heterocycles. The fourth-order valence-corrected chi connectivity index (χ4v) is 2.74. The van der Waals surface area contributed by atoms with Gasteiger partial charge in [0.15, 0.2) is 5.82 Å². The van der Waals surface area contributed by atoms with Gasteiger partial charge in [-0.1, -0.05) is 39.0 Å². The minimum Gasteiger partial charge on any atom is -0.465 e. The number of nitrogens with zero attached hydrogens (tertiary/aromatic N) is 3. The minimum absolute atomic E-state index is 0.00742. The molecule has 0 bridgehead atoms. The maximum Gasteiger partial charge on any atom is 0.337 e. The summed E-state index contributed by atoms with van der Waals surface area (Å²) in [5.41, 5.74) is 3.36. The molecular weight excluding hydrogens is 354 g/mol. The van der Waals surface area contributed by atoms with Crippen molar-refractivity contribution in [3.8, 4) is 0 Å². The summed E-state index contributed by atoms with van der Waals surface area (Å²) in [6, 6.07) is 15.0. The van der Waals surface area contributed by atoms with Crippen molar-refractivity contribution in [2.75, 3.05) is 17.7 Å². The lowest BCUT2D eigenvalue weighted by molar-refractivity contribution is 0.0601. The molecule has 2 aromatic carbocycles. The summed E-state index contributed by atoms with van der Waals surface area (Å²) in [7, 11) is 1.35. The van der Waals surface area contributed by atoms with Gasteiger partial charge < -0.3 is 15.4 Å². The Morgan fingerprint density at radius 2 is 1.71 bits per heavy atom. The molecule has 0 saturated heterocycles. The van der Waals surface area contributed by atoms with E-state index in [9.17, 15) is 4.79 Å². The molecule has 7 nitrogen and oxygen atoms in total. The van der Waals surface area contributed by atoms with Gasteiger partial charge in [-0.25, -0.2) is 4.79 Å². The van der Waals surface area contributed by atoms with E-state index in [1.165, 1.54) is 12.7 Å². The molecule has 144 valence electrons. The number of carbonyl (C=O) groups is 1. The van der Waals surface area contributed by atoms with Gasteiger partial charge in [0.05, 0.1) is 18.9 Å². The van der Waals surface area contributed by atoms with Gasteiger partial charge in [-0.2, -0.15) is 10.1 Å². The van der Waals surface area contributed by atoms with Crippen LogP contribution in [0.3, 0.4) is 0 Å². The first kappa shape index (κ1) is 19.3. The topological polar surface area (TPSA) is 89.0 Å². The minimum atomic E-state index is -0.381. The fraction of sp³-hybridized carbons (Fsp3) is 0.238. The zero-order valence-electron chi connectivity index (χ0n) is 16.4. The van der Waals surface area contributed by atoms with Crippen LogP contribution in [0.15, 0.2) is 54.7 Å². The summed E-state index contributed by atoms with van der Waals surface area (Å²) in [5.74, 6) is 0.553. The van der Waals surface area contributed by atoms with Gasteiger partial charge in [0.1, 0.15) is 0 Å². The van der Waals surface area contributed by atoms with E-state index < -0.39 is 0 Å². The Hall–Kier alpha value is -3.48. The Kier molecular flexibility index (Phi) is 5.54. The van der Waals surface area contributed by atoms with Gasteiger partial charge in [-0.05, 0) is 41.3 Å². The number of nitrogens with one attached hydrogen (secondary N) is 2. The quantitative estimate of drug-likeness (QED) is 0.635. The number of para-hydroxylation sites is 1. The molecule has 28 heavy (non-hydrogen) atoms. The standard InChI is InChI=1S/C21H23N5O2/c1-21(2,3)16-7-5-6-8-17(16)24-18-13-22-26-20(25-18)23-15-11-9-14(10-12-15)19(27)28-4/h5-13H,1-4H3,(H2,23,24,25,26). The molecular formula is C21H23N5O2. The summed E-state index contributed by atoms with van der Waals surface area (Å²) < 4.78 is 4.70. The molecule has 3 aromatic rings. The van der Waals surface area contributed by atoms with E-state index in [2.05, 4.69) is 52.7 Å². The molecule has 0 aliphatic carbocycles. The van der Waals surface area contributed by atoms with E-state index in [0.29, 0.717) is 17.3 Å². The van der Waals surface area contributed by atoms with E-state index in [4.69, 9.17) is 4.74 Å². The molecule has 0 amide bonds. The summed E-state index contributed by atoms with van der Waals surface area (Å²) >= 11 is 0. The van der Waals surface area contributed by atoms with Crippen LogP contribution < -0.4 is 10.6 Å². The van der Waals surface area contributed by atoms with Gasteiger partial charge in [0.2, 0.25) is 5.95 Å². The second-order valence-electron chi connectivity index (χ2n) is 7.28. The predicted octanol–water partition coefficient (Wildman–Crippen LogP) is 4.44. The molecule has 0 atom stereocenters. The third kappa shape index (κ3) is 4.62. The molecule has 3 rings (SSSR count). The monoisotopic (exact) mass is 377 g/mol. The van der Waals surface area contributed by atoms with Crippen molar-refractivity contribution in [2.45, 2.75) is 26.2 Å².